The van der Waals surface area contributed by atoms with Crippen LogP contribution in [-0.4, -0.2) is 15.2 Å². The van der Waals surface area contributed by atoms with Crippen LogP contribution in [0.1, 0.15) is 5.56 Å². The van der Waals surface area contributed by atoms with Crippen molar-refractivity contribution in [1.29, 1.82) is 0 Å². The van der Waals surface area contributed by atoms with E-state index in [9.17, 15) is 9.50 Å². The van der Waals surface area contributed by atoms with Gasteiger partial charge in [0.25, 0.3) is 5.89 Å². The van der Waals surface area contributed by atoms with E-state index < -0.39 is 0 Å². The minimum absolute atomic E-state index is 0.0482. The Morgan fingerprint density at radius 2 is 2.00 bits per heavy atom. The highest BCUT2D eigenvalue weighted by Gasteiger charge is 2.14. The topological polar surface area (TPSA) is 59.2 Å². The second kappa shape index (κ2) is 5.18. The van der Waals surface area contributed by atoms with Gasteiger partial charge in [-0.15, -0.1) is 0 Å². The Morgan fingerprint density at radius 3 is 2.71 bits per heavy atom. The van der Waals surface area contributed by atoms with E-state index >= 15 is 0 Å². The van der Waals surface area contributed by atoms with Gasteiger partial charge in [-0.3, -0.25) is 0 Å². The summed E-state index contributed by atoms with van der Waals surface area (Å²) in [5.74, 6) is 0.148. The van der Waals surface area contributed by atoms with Gasteiger partial charge in [-0.2, -0.15) is 4.98 Å². The Labute approximate surface area is 124 Å². The number of rotatable bonds is 2. The third kappa shape index (κ3) is 2.60. The highest BCUT2D eigenvalue weighted by molar-refractivity contribution is 6.30. The molecule has 0 atom stereocenters. The van der Waals surface area contributed by atoms with Gasteiger partial charge in [0.05, 0.1) is 5.56 Å². The van der Waals surface area contributed by atoms with Crippen LogP contribution >= 0.6 is 11.6 Å². The third-order valence-electron chi connectivity index (χ3n) is 3.03. The minimum Gasteiger partial charge on any atom is -0.507 e. The van der Waals surface area contributed by atoms with Crippen molar-refractivity contribution in [3.05, 3.63) is 52.8 Å². The molecule has 0 saturated carbocycles. The van der Waals surface area contributed by atoms with Crippen molar-refractivity contribution in [2.75, 3.05) is 0 Å². The van der Waals surface area contributed by atoms with E-state index in [1.807, 2.05) is 0 Å². The standard InChI is InChI=1S/C15H10ClFN2O2/c1-8-6-9(2-5-12(8)17)14-18-15(21-19-14)11-4-3-10(16)7-13(11)20/h2-7,20H,1H3. The zero-order valence-corrected chi connectivity index (χ0v) is 11.7. The average Bonchev–Trinajstić information content (AvgIpc) is 2.91. The lowest BCUT2D eigenvalue weighted by atomic mass is 10.1. The summed E-state index contributed by atoms with van der Waals surface area (Å²) >= 11 is 5.78. The lowest BCUT2D eigenvalue weighted by Gasteiger charge is -1.99. The van der Waals surface area contributed by atoms with Crippen molar-refractivity contribution in [2.45, 2.75) is 6.92 Å². The predicted octanol–water partition coefficient (Wildman–Crippen LogP) is 4.21. The molecule has 1 N–H and O–H groups in total. The predicted molar refractivity (Wildman–Crippen MR) is 76.5 cm³/mol. The largest absolute Gasteiger partial charge is 0.507 e. The maximum Gasteiger partial charge on any atom is 0.261 e. The smallest absolute Gasteiger partial charge is 0.261 e. The molecule has 6 heteroatoms. The fourth-order valence-corrected chi connectivity index (χ4v) is 2.09. The summed E-state index contributed by atoms with van der Waals surface area (Å²) in [4.78, 5) is 4.21. The van der Waals surface area contributed by atoms with Crippen molar-refractivity contribution >= 4 is 11.6 Å². The Bertz CT molecular complexity index is 817. The van der Waals surface area contributed by atoms with E-state index in [0.717, 1.165) is 0 Å². The van der Waals surface area contributed by atoms with E-state index in [1.54, 1.807) is 31.2 Å². The van der Waals surface area contributed by atoms with Gasteiger partial charge in [-0.25, -0.2) is 4.39 Å². The van der Waals surface area contributed by atoms with Crippen LogP contribution in [0.3, 0.4) is 0 Å². The van der Waals surface area contributed by atoms with Crippen molar-refractivity contribution in [1.82, 2.24) is 10.1 Å². The molecule has 0 unspecified atom stereocenters. The SMILES string of the molecule is Cc1cc(-c2noc(-c3ccc(Cl)cc3O)n2)ccc1F. The molecule has 1 heterocycles. The van der Waals surface area contributed by atoms with Gasteiger partial charge in [-0.05, 0) is 48.9 Å². The van der Waals surface area contributed by atoms with Crippen LogP contribution in [0.4, 0.5) is 4.39 Å². The van der Waals surface area contributed by atoms with Gasteiger partial charge < -0.3 is 9.63 Å². The van der Waals surface area contributed by atoms with Crippen LogP contribution in [0, 0.1) is 12.7 Å². The van der Waals surface area contributed by atoms with Gasteiger partial charge in [0.2, 0.25) is 5.82 Å². The van der Waals surface area contributed by atoms with Crippen LogP contribution < -0.4 is 0 Å². The number of aromatic hydroxyl groups is 1. The first kappa shape index (κ1) is 13.6. The fourth-order valence-electron chi connectivity index (χ4n) is 1.92. The molecule has 0 aliphatic rings. The fraction of sp³-hybridized carbons (Fsp3) is 0.0667. The summed E-state index contributed by atoms with van der Waals surface area (Å²) < 4.78 is 18.4. The molecule has 4 nitrogen and oxygen atoms in total. The van der Waals surface area contributed by atoms with Crippen LogP contribution in [0.2, 0.25) is 5.02 Å². The Hall–Kier alpha value is -2.40. The summed E-state index contributed by atoms with van der Waals surface area (Å²) in [5.41, 5.74) is 1.52. The van der Waals surface area contributed by atoms with Gasteiger partial charge >= 0.3 is 0 Å². The van der Waals surface area contributed by atoms with E-state index in [-0.39, 0.29) is 17.5 Å². The van der Waals surface area contributed by atoms with Gasteiger partial charge in [0, 0.05) is 10.6 Å². The second-order valence-electron chi connectivity index (χ2n) is 4.55. The Kier molecular flexibility index (Phi) is 3.35. The third-order valence-corrected chi connectivity index (χ3v) is 3.27. The summed E-state index contributed by atoms with van der Waals surface area (Å²) in [7, 11) is 0. The molecule has 1 aromatic heterocycles. The summed E-state index contributed by atoms with van der Waals surface area (Å²) in [6.45, 7) is 1.66. The molecule has 21 heavy (non-hydrogen) atoms. The first-order valence-corrected chi connectivity index (χ1v) is 6.51. The van der Waals surface area contributed by atoms with Gasteiger partial charge in [-0.1, -0.05) is 16.8 Å². The van der Waals surface area contributed by atoms with Gasteiger partial charge in [0.15, 0.2) is 0 Å². The zero-order chi connectivity index (χ0) is 15.0. The van der Waals surface area contributed by atoms with Crippen LogP contribution in [0.25, 0.3) is 22.8 Å². The van der Waals surface area contributed by atoms with E-state index in [4.69, 9.17) is 16.1 Å². The molecule has 0 bridgehead atoms. The zero-order valence-electron chi connectivity index (χ0n) is 11.0. The molecule has 2 aromatic carbocycles. The quantitative estimate of drug-likeness (QED) is 0.770. The Morgan fingerprint density at radius 1 is 1.19 bits per heavy atom. The Balaban J connectivity index is 2.01. The summed E-state index contributed by atoms with van der Waals surface area (Å²) in [6, 6.07) is 9.14. The number of aryl methyl sites for hydroxylation is 1. The van der Waals surface area contributed by atoms with Crippen LogP contribution in [-0.2, 0) is 0 Å². The van der Waals surface area contributed by atoms with E-state index in [1.165, 1.54) is 12.1 Å². The molecule has 106 valence electrons. The molecular formula is C15H10ClFN2O2. The van der Waals surface area contributed by atoms with Crippen molar-refractivity contribution in [2.24, 2.45) is 0 Å². The number of nitrogens with zero attached hydrogens (tertiary/aromatic N) is 2. The lowest BCUT2D eigenvalue weighted by molar-refractivity contribution is 0.425. The van der Waals surface area contributed by atoms with Crippen molar-refractivity contribution in [3.63, 3.8) is 0 Å². The molecule has 0 spiro atoms. The summed E-state index contributed by atoms with van der Waals surface area (Å²) in [5, 5.41) is 14.1. The molecule has 0 amide bonds. The number of hydrogen-bond acceptors (Lipinski definition) is 4. The molecule has 0 fully saturated rings. The van der Waals surface area contributed by atoms with Crippen LogP contribution in [0.15, 0.2) is 40.9 Å². The number of hydrogen-bond donors (Lipinski definition) is 1. The number of benzene rings is 2. The number of phenols is 1. The second-order valence-corrected chi connectivity index (χ2v) is 4.99. The number of aromatic nitrogens is 2. The van der Waals surface area contributed by atoms with Crippen molar-refractivity contribution < 1.29 is 14.0 Å². The van der Waals surface area contributed by atoms with E-state index in [0.29, 0.717) is 27.5 Å². The molecule has 0 radical (unpaired) electrons. The normalized spacial score (nSPS) is 10.8. The maximum absolute atomic E-state index is 13.3. The van der Waals surface area contributed by atoms with Crippen molar-refractivity contribution in [3.8, 4) is 28.6 Å². The average molecular weight is 305 g/mol. The first-order valence-electron chi connectivity index (χ1n) is 6.14. The molecule has 0 saturated heterocycles. The highest BCUT2D eigenvalue weighted by Crippen LogP contribution is 2.31. The molecular weight excluding hydrogens is 295 g/mol. The molecule has 0 aliphatic carbocycles. The number of halogens is 2. The van der Waals surface area contributed by atoms with Crippen LogP contribution in [0.5, 0.6) is 5.75 Å². The maximum atomic E-state index is 13.3. The summed E-state index contributed by atoms with van der Waals surface area (Å²) in [6.07, 6.45) is 0. The molecule has 3 rings (SSSR count). The van der Waals surface area contributed by atoms with Gasteiger partial charge in [0.1, 0.15) is 11.6 Å². The first-order chi connectivity index (χ1) is 10.0. The monoisotopic (exact) mass is 304 g/mol. The lowest BCUT2D eigenvalue weighted by Crippen LogP contribution is -1.86. The molecule has 3 aromatic rings. The minimum atomic E-state index is -0.294. The van der Waals surface area contributed by atoms with E-state index in [2.05, 4.69) is 10.1 Å². The molecule has 0 aliphatic heterocycles. The number of phenolic OH excluding ortho intramolecular Hbond substituents is 1. The highest BCUT2D eigenvalue weighted by atomic mass is 35.5.